The summed E-state index contributed by atoms with van der Waals surface area (Å²) in [5.74, 6) is -0.653. The fourth-order valence-electron chi connectivity index (χ4n) is 4.05. The SMILES string of the molecule is CC(Oc1ccc(C#N)cn1)C1CN(C(=O)c2ccc(F)nc2)CC1c1ccc(Cl)c(Cl)c1. The average Bonchev–Trinajstić information content (AvgIpc) is 3.27. The fraction of sp³-hybridized carbons (Fsp3) is 0.250. The molecule has 168 valence electrons. The predicted molar refractivity (Wildman–Crippen MR) is 122 cm³/mol. The van der Waals surface area contributed by atoms with Gasteiger partial charge >= 0.3 is 0 Å². The first-order chi connectivity index (χ1) is 15.9. The van der Waals surface area contributed by atoms with E-state index in [1.807, 2.05) is 25.1 Å². The Morgan fingerprint density at radius 2 is 1.97 bits per heavy atom. The van der Waals surface area contributed by atoms with Gasteiger partial charge in [0.1, 0.15) is 12.2 Å². The molecular weight excluding hydrogens is 466 g/mol. The van der Waals surface area contributed by atoms with Crippen LogP contribution in [0, 0.1) is 23.2 Å². The summed E-state index contributed by atoms with van der Waals surface area (Å²) >= 11 is 12.4. The van der Waals surface area contributed by atoms with E-state index < -0.39 is 5.95 Å². The van der Waals surface area contributed by atoms with Gasteiger partial charge in [-0.3, -0.25) is 4.79 Å². The summed E-state index contributed by atoms with van der Waals surface area (Å²) in [5.41, 5.74) is 1.69. The maximum absolute atomic E-state index is 13.2. The molecule has 2 aromatic heterocycles. The zero-order valence-electron chi connectivity index (χ0n) is 17.6. The molecule has 1 amide bonds. The average molecular weight is 485 g/mol. The number of halogens is 3. The van der Waals surface area contributed by atoms with Crippen molar-refractivity contribution in [3.05, 3.63) is 87.5 Å². The summed E-state index contributed by atoms with van der Waals surface area (Å²) in [6.45, 7) is 2.76. The summed E-state index contributed by atoms with van der Waals surface area (Å²) in [6, 6.07) is 13.3. The Labute approximate surface area is 200 Å². The summed E-state index contributed by atoms with van der Waals surface area (Å²) in [5, 5.41) is 9.85. The van der Waals surface area contributed by atoms with Crippen LogP contribution >= 0.6 is 23.2 Å². The first-order valence-electron chi connectivity index (χ1n) is 10.2. The van der Waals surface area contributed by atoms with Gasteiger partial charge in [0.05, 0.1) is 21.2 Å². The van der Waals surface area contributed by atoms with E-state index in [4.69, 9.17) is 33.2 Å². The first-order valence-corrected chi connectivity index (χ1v) is 11.0. The quantitative estimate of drug-likeness (QED) is 0.469. The van der Waals surface area contributed by atoms with Crippen molar-refractivity contribution in [3.63, 3.8) is 0 Å². The van der Waals surface area contributed by atoms with Crippen molar-refractivity contribution in [2.45, 2.75) is 18.9 Å². The van der Waals surface area contributed by atoms with Gasteiger partial charge in [-0.1, -0.05) is 29.3 Å². The van der Waals surface area contributed by atoms with Crippen molar-refractivity contribution in [1.29, 1.82) is 5.26 Å². The van der Waals surface area contributed by atoms with Crippen LogP contribution in [-0.4, -0.2) is 40.0 Å². The second-order valence-corrected chi connectivity index (χ2v) is 8.66. The highest BCUT2D eigenvalue weighted by atomic mass is 35.5. The minimum absolute atomic E-state index is 0.0782. The lowest BCUT2D eigenvalue weighted by molar-refractivity contribution is 0.0769. The molecular formula is C24H19Cl2FN4O2. The van der Waals surface area contributed by atoms with Crippen molar-refractivity contribution in [2.24, 2.45) is 5.92 Å². The molecule has 1 aromatic carbocycles. The Morgan fingerprint density at radius 3 is 2.61 bits per heavy atom. The number of amides is 1. The molecule has 0 spiro atoms. The van der Waals surface area contributed by atoms with Gasteiger partial charge in [0.2, 0.25) is 11.8 Å². The Kier molecular flexibility index (Phi) is 6.77. The Bertz CT molecular complexity index is 1200. The van der Waals surface area contributed by atoms with E-state index in [2.05, 4.69) is 9.97 Å². The van der Waals surface area contributed by atoms with Crippen LogP contribution in [0.3, 0.4) is 0 Å². The molecule has 6 nitrogen and oxygen atoms in total. The van der Waals surface area contributed by atoms with Gasteiger partial charge in [-0.15, -0.1) is 0 Å². The second-order valence-electron chi connectivity index (χ2n) is 7.84. The minimum Gasteiger partial charge on any atom is -0.474 e. The number of hydrogen-bond acceptors (Lipinski definition) is 5. The fourth-order valence-corrected chi connectivity index (χ4v) is 4.35. The molecule has 9 heteroatoms. The van der Waals surface area contributed by atoms with Crippen molar-refractivity contribution < 1.29 is 13.9 Å². The Balaban J connectivity index is 1.60. The van der Waals surface area contributed by atoms with Gasteiger partial charge in [0, 0.05) is 43.4 Å². The van der Waals surface area contributed by atoms with Crippen molar-refractivity contribution in [2.75, 3.05) is 13.1 Å². The van der Waals surface area contributed by atoms with E-state index in [1.165, 1.54) is 24.5 Å². The summed E-state index contributed by atoms with van der Waals surface area (Å²) < 4.78 is 19.3. The molecule has 0 radical (unpaired) electrons. The zero-order valence-corrected chi connectivity index (χ0v) is 19.1. The molecule has 0 N–H and O–H groups in total. The normalized spacial score (nSPS) is 18.6. The molecule has 1 aliphatic rings. The molecule has 4 rings (SSSR count). The monoisotopic (exact) mass is 484 g/mol. The van der Waals surface area contributed by atoms with E-state index >= 15 is 0 Å². The number of rotatable bonds is 5. The van der Waals surface area contributed by atoms with Crippen LogP contribution in [0.15, 0.2) is 54.9 Å². The molecule has 33 heavy (non-hydrogen) atoms. The summed E-state index contributed by atoms with van der Waals surface area (Å²) in [7, 11) is 0. The van der Waals surface area contributed by atoms with Crippen LogP contribution in [0.2, 0.25) is 10.0 Å². The lowest BCUT2D eigenvalue weighted by Crippen LogP contribution is -2.32. The van der Waals surface area contributed by atoms with Gasteiger partial charge in [0.15, 0.2) is 0 Å². The summed E-state index contributed by atoms with van der Waals surface area (Å²) in [4.78, 5) is 22.6. The number of ether oxygens (including phenoxy) is 1. The zero-order chi connectivity index (χ0) is 23.5. The van der Waals surface area contributed by atoms with E-state index in [-0.39, 0.29) is 23.8 Å². The van der Waals surface area contributed by atoms with E-state index in [0.29, 0.717) is 40.1 Å². The van der Waals surface area contributed by atoms with Crippen LogP contribution < -0.4 is 4.74 Å². The van der Waals surface area contributed by atoms with Gasteiger partial charge in [0.25, 0.3) is 5.91 Å². The molecule has 0 saturated carbocycles. The third-order valence-electron chi connectivity index (χ3n) is 5.77. The number of hydrogen-bond donors (Lipinski definition) is 0. The smallest absolute Gasteiger partial charge is 0.255 e. The highest BCUT2D eigenvalue weighted by Crippen LogP contribution is 2.38. The molecule has 3 atom stereocenters. The van der Waals surface area contributed by atoms with Gasteiger partial charge < -0.3 is 9.64 Å². The minimum atomic E-state index is -0.642. The second kappa shape index (κ2) is 9.74. The Morgan fingerprint density at radius 1 is 1.15 bits per heavy atom. The van der Waals surface area contributed by atoms with Crippen LogP contribution in [0.4, 0.5) is 4.39 Å². The summed E-state index contributed by atoms with van der Waals surface area (Å²) in [6.07, 6.45) is 2.37. The number of nitriles is 1. The maximum Gasteiger partial charge on any atom is 0.255 e. The number of nitrogens with zero attached hydrogens (tertiary/aromatic N) is 4. The molecule has 1 fully saturated rings. The lowest BCUT2D eigenvalue weighted by Gasteiger charge is -2.25. The van der Waals surface area contributed by atoms with E-state index in [0.717, 1.165) is 5.56 Å². The maximum atomic E-state index is 13.2. The lowest BCUT2D eigenvalue weighted by atomic mass is 9.86. The highest BCUT2D eigenvalue weighted by Gasteiger charge is 2.40. The molecule has 3 aromatic rings. The van der Waals surface area contributed by atoms with Crippen LogP contribution in [-0.2, 0) is 0 Å². The number of carbonyl (C=O) groups excluding carboxylic acids is 1. The van der Waals surface area contributed by atoms with E-state index in [9.17, 15) is 9.18 Å². The van der Waals surface area contributed by atoms with Gasteiger partial charge in [-0.2, -0.15) is 9.65 Å². The number of aromatic nitrogens is 2. The van der Waals surface area contributed by atoms with Crippen LogP contribution in [0.5, 0.6) is 5.88 Å². The molecule has 0 aliphatic carbocycles. The van der Waals surface area contributed by atoms with Crippen molar-refractivity contribution >= 4 is 29.1 Å². The van der Waals surface area contributed by atoms with Gasteiger partial charge in [-0.25, -0.2) is 9.97 Å². The number of benzene rings is 1. The molecule has 3 unspecified atom stereocenters. The molecule has 0 bridgehead atoms. The van der Waals surface area contributed by atoms with Gasteiger partial charge in [-0.05, 0) is 42.8 Å². The van der Waals surface area contributed by atoms with Crippen LogP contribution in [0.1, 0.15) is 34.3 Å². The predicted octanol–water partition coefficient (Wildman–Crippen LogP) is 5.12. The molecule has 1 aliphatic heterocycles. The number of pyridine rings is 2. The number of likely N-dealkylation sites (tertiary alicyclic amines) is 1. The third-order valence-corrected chi connectivity index (χ3v) is 6.51. The topological polar surface area (TPSA) is 79.1 Å². The van der Waals surface area contributed by atoms with Crippen molar-refractivity contribution in [1.82, 2.24) is 14.9 Å². The molecule has 3 heterocycles. The van der Waals surface area contributed by atoms with E-state index in [1.54, 1.807) is 23.1 Å². The third kappa shape index (κ3) is 5.08. The largest absolute Gasteiger partial charge is 0.474 e. The van der Waals surface area contributed by atoms with Crippen LogP contribution in [0.25, 0.3) is 0 Å². The standard InChI is InChI=1S/C24H19Cl2FN4O2/c1-14(33-23-7-2-15(9-28)10-30-23)18-12-31(24(32)17-4-6-22(27)29-11-17)13-19(18)16-3-5-20(25)21(26)8-16/h2-8,10-11,14,18-19H,12-13H2,1H3. The van der Waals surface area contributed by atoms with Crippen molar-refractivity contribution in [3.8, 4) is 11.9 Å². The Hall–Kier alpha value is -3.21. The molecule has 1 saturated heterocycles. The highest BCUT2D eigenvalue weighted by molar-refractivity contribution is 6.42. The first kappa shape index (κ1) is 23.0. The number of carbonyl (C=O) groups is 1.